The zero-order valence-electron chi connectivity index (χ0n) is 12.8. The highest BCUT2D eigenvalue weighted by Gasteiger charge is 2.18. The molecular weight excluding hydrogens is 328 g/mol. The van der Waals surface area contributed by atoms with Gasteiger partial charge < -0.3 is 14.7 Å². The van der Waals surface area contributed by atoms with E-state index in [0.29, 0.717) is 40.9 Å². The van der Waals surface area contributed by atoms with Crippen LogP contribution in [-0.4, -0.2) is 46.4 Å². The van der Waals surface area contributed by atoms with Gasteiger partial charge in [-0.1, -0.05) is 23.7 Å². The Balaban J connectivity index is 1.92. The molecule has 1 N–H and O–H groups in total. The van der Waals surface area contributed by atoms with Gasteiger partial charge in [0.05, 0.1) is 23.8 Å². The minimum atomic E-state index is 0.182. The van der Waals surface area contributed by atoms with E-state index in [0.717, 1.165) is 18.7 Å². The van der Waals surface area contributed by atoms with Crippen molar-refractivity contribution >= 4 is 28.6 Å². The summed E-state index contributed by atoms with van der Waals surface area (Å²) in [6, 6.07) is 8.74. The quantitative estimate of drug-likeness (QED) is 0.772. The van der Waals surface area contributed by atoms with E-state index in [1.54, 1.807) is 30.5 Å². The van der Waals surface area contributed by atoms with Crippen LogP contribution in [0.1, 0.15) is 0 Å². The number of morpholine rings is 1. The molecule has 0 radical (unpaired) electrons. The van der Waals surface area contributed by atoms with Crippen LogP contribution < -0.4 is 4.90 Å². The number of aromatic nitrogens is 3. The molecule has 3 aromatic rings. The first-order valence-electron chi connectivity index (χ1n) is 7.66. The molecule has 0 bridgehead atoms. The molecule has 1 aromatic carbocycles. The molecule has 24 heavy (non-hydrogen) atoms. The van der Waals surface area contributed by atoms with Gasteiger partial charge in [0.15, 0.2) is 0 Å². The van der Waals surface area contributed by atoms with Gasteiger partial charge in [0.1, 0.15) is 17.0 Å². The van der Waals surface area contributed by atoms with Gasteiger partial charge >= 0.3 is 0 Å². The molecule has 0 saturated carbocycles. The van der Waals surface area contributed by atoms with Crippen LogP contribution in [0.2, 0.25) is 5.02 Å². The van der Waals surface area contributed by atoms with E-state index in [-0.39, 0.29) is 5.75 Å². The third kappa shape index (κ3) is 2.86. The van der Waals surface area contributed by atoms with Gasteiger partial charge in [-0.25, -0.2) is 9.97 Å². The van der Waals surface area contributed by atoms with Crippen molar-refractivity contribution in [3.8, 4) is 17.0 Å². The highest BCUT2D eigenvalue weighted by Crippen LogP contribution is 2.30. The Labute approximate surface area is 143 Å². The van der Waals surface area contributed by atoms with Gasteiger partial charge in [-0.3, -0.25) is 4.98 Å². The number of ether oxygens (including phenoxy) is 1. The van der Waals surface area contributed by atoms with E-state index in [1.807, 2.05) is 6.07 Å². The summed E-state index contributed by atoms with van der Waals surface area (Å²) in [7, 11) is 0. The monoisotopic (exact) mass is 342 g/mol. The zero-order valence-corrected chi connectivity index (χ0v) is 13.6. The van der Waals surface area contributed by atoms with Crippen molar-refractivity contribution in [3.05, 3.63) is 41.6 Å². The fourth-order valence-corrected chi connectivity index (χ4v) is 2.89. The molecule has 0 atom stereocenters. The maximum atomic E-state index is 9.80. The molecule has 122 valence electrons. The van der Waals surface area contributed by atoms with Crippen LogP contribution in [-0.2, 0) is 4.74 Å². The topological polar surface area (TPSA) is 71.4 Å². The minimum Gasteiger partial charge on any atom is -0.508 e. The van der Waals surface area contributed by atoms with Crippen molar-refractivity contribution in [1.82, 2.24) is 15.0 Å². The van der Waals surface area contributed by atoms with Crippen LogP contribution >= 0.6 is 11.6 Å². The zero-order chi connectivity index (χ0) is 16.5. The maximum absolute atomic E-state index is 9.80. The van der Waals surface area contributed by atoms with E-state index in [2.05, 4.69) is 14.9 Å². The number of anilines is 1. The number of rotatable bonds is 2. The number of halogens is 1. The number of nitrogens with zero attached hydrogens (tertiary/aromatic N) is 4. The molecule has 2 aromatic heterocycles. The molecule has 1 aliphatic heterocycles. The van der Waals surface area contributed by atoms with Crippen LogP contribution in [0.25, 0.3) is 22.3 Å². The summed E-state index contributed by atoms with van der Waals surface area (Å²) in [6.07, 6.45) is 1.58. The lowest BCUT2D eigenvalue weighted by atomic mass is 10.1. The summed E-state index contributed by atoms with van der Waals surface area (Å²) in [5.41, 5.74) is 2.79. The molecule has 1 saturated heterocycles. The summed E-state index contributed by atoms with van der Waals surface area (Å²) in [5, 5.41) is 10.3. The fourth-order valence-electron chi connectivity index (χ4n) is 2.74. The van der Waals surface area contributed by atoms with Crippen molar-refractivity contribution in [3.63, 3.8) is 0 Å². The van der Waals surface area contributed by atoms with Crippen molar-refractivity contribution in [2.45, 2.75) is 0 Å². The maximum Gasteiger partial charge on any atom is 0.226 e. The van der Waals surface area contributed by atoms with Gasteiger partial charge in [0.25, 0.3) is 0 Å². The van der Waals surface area contributed by atoms with Crippen molar-refractivity contribution in [1.29, 1.82) is 0 Å². The number of benzene rings is 1. The first kappa shape index (κ1) is 15.1. The number of hydrogen-bond donors (Lipinski definition) is 1. The predicted molar refractivity (Wildman–Crippen MR) is 92.5 cm³/mol. The van der Waals surface area contributed by atoms with E-state index >= 15 is 0 Å². The van der Waals surface area contributed by atoms with Crippen LogP contribution in [0.4, 0.5) is 5.95 Å². The lowest BCUT2D eigenvalue weighted by molar-refractivity contribution is 0.122. The molecule has 4 rings (SSSR count). The minimum absolute atomic E-state index is 0.182. The Hall–Kier alpha value is -2.44. The molecule has 0 spiro atoms. The Bertz CT molecular complexity index is 897. The standard InChI is InChI=1S/C17H15ClN4O2/c18-12-9-14-16(19-10-12)15(11-2-1-3-13(23)8-11)21-17(20-14)22-4-6-24-7-5-22/h1-3,8-10,23H,4-7H2. The van der Waals surface area contributed by atoms with Gasteiger partial charge in [-0.05, 0) is 18.2 Å². The number of aromatic hydroxyl groups is 1. The highest BCUT2D eigenvalue weighted by molar-refractivity contribution is 6.31. The number of phenols is 1. The molecule has 3 heterocycles. The lowest BCUT2D eigenvalue weighted by Gasteiger charge is -2.27. The second-order valence-electron chi connectivity index (χ2n) is 5.54. The van der Waals surface area contributed by atoms with Crippen molar-refractivity contribution < 1.29 is 9.84 Å². The Morgan fingerprint density at radius 1 is 1.12 bits per heavy atom. The van der Waals surface area contributed by atoms with Crippen LogP contribution in [0.3, 0.4) is 0 Å². The van der Waals surface area contributed by atoms with Crippen molar-refractivity contribution in [2.75, 3.05) is 31.2 Å². The molecule has 1 fully saturated rings. The number of pyridine rings is 1. The Morgan fingerprint density at radius 2 is 1.96 bits per heavy atom. The number of hydrogen-bond acceptors (Lipinski definition) is 6. The average molecular weight is 343 g/mol. The van der Waals surface area contributed by atoms with Gasteiger partial charge in [-0.15, -0.1) is 0 Å². The summed E-state index contributed by atoms with van der Waals surface area (Å²) in [6.45, 7) is 2.77. The van der Waals surface area contributed by atoms with E-state index < -0.39 is 0 Å². The van der Waals surface area contributed by atoms with Gasteiger partial charge in [-0.2, -0.15) is 0 Å². The molecule has 6 nitrogen and oxygen atoms in total. The average Bonchev–Trinajstić information content (AvgIpc) is 2.61. The smallest absolute Gasteiger partial charge is 0.226 e. The third-order valence-electron chi connectivity index (χ3n) is 3.90. The van der Waals surface area contributed by atoms with Crippen LogP contribution in [0, 0.1) is 0 Å². The largest absolute Gasteiger partial charge is 0.508 e. The Morgan fingerprint density at radius 3 is 2.75 bits per heavy atom. The fraction of sp³-hybridized carbons (Fsp3) is 0.235. The van der Waals surface area contributed by atoms with Gasteiger partial charge in [0, 0.05) is 24.8 Å². The molecule has 0 amide bonds. The highest BCUT2D eigenvalue weighted by atomic mass is 35.5. The molecule has 1 aliphatic rings. The molecule has 7 heteroatoms. The number of fused-ring (bicyclic) bond motifs is 1. The Kier molecular flexibility index (Phi) is 3.92. The normalized spacial score (nSPS) is 15.0. The summed E-state index contributed by atoms with van der Waals surface area (Å²) in [4.78, 5) is 15.8. The summed E-state index contributed by atoms with van der Waals surface area (Å²) >= 11 is 6.08. The van der Waals surface area contributed by atoms with Crippen LogP contribution in [0.15, 0.2) is 36.5 Å². The summed E-state index contributed by atoms with van der Waals surface area (Å²) in [5.74, 6) is 0.800. The third-order valence-corrected chi connectivity index (χ3v) is 4.11. The van der Waals surface area contributed by atoms with Crippen molar-refractivity contribution in [2.24, 2.45) is 0 Å². The van der Waals surface area contributed by atoms with E-state index in [9.17, 15) is 5.11 Å². The summed E-state index contributed by atoms with van der Waals surface area (Å²) < 4.78 is 5.39. The molecule has 0 aliphatic carbocycles. The lowest BCUT2D eigenvalue weighted by Crippen LogP contribution is -2.37. The second kappa shape index (κ2) is 6.22. The SMILES string of the molecule is Oc1cccc(-c2nc(N3CCOCC3)nc3cc(Cl)cnc23)c1. The number of phenolic OH excluding ortho intramolecular Hbond substituents is 1. The van der Waals surface area contributed by atoms with E-state index in [1.165, 1.54) is 0 Å². The predicted octanol–water partition coefficient (Wildman–Crippen LogP) is 2.89. The molecule has 0 unspecified atom stereocenters. The van der Waals surface area contributed by atoms with Gasteiger partial charge in [0.2, 0.25) is 5.95 Å². The molecular formula is C17H15ClN4O2. The first-order valence-corrected chi connectivity index (χ1v) is 8.04. The first-order chi connectivity index (χ1) is 11.7. The van der Waals surface area contributed by atoms with Crippen LogP contribution in [0.5, 0.6) is 5.75 Å². The van der Waals surface area contributed by atoms with E-state index in [4.69, 9.17) is 21.3 Å². The second-order valence-corrected chi connectivity index (χ2v) is 5.98.